The van der Waals surface area contributed by atoms with Crippen LogP contribution in [0, 0.1) is 0 Å². The van der Waals surface area contributed by atoms with Gasteiger partial charge in [-0.2, -0.15) is 0 Å². The molecular formula is C24H29N5O5S3. The summed E-state index contributed by atoms with van der Waals surface area (Å²) in [4.78, 5) is 19.8. The number of aromatic nitrogens is 1. The van der Waals surface area contributed by atoms with Crippen LogP contribution >= 0.6 is 11.3 Å². The molecule has 13 heteroatoms. The highest BCUT2D eigenvalue weighted by molar-refractivity contribution is 7.89. The van der Waals surface area contributed by atoms with Gasteiger partial charge in [0.05, 0.1) is 22.5 Å². The molecule has 1 amide bonds. The fourth-order valence-corrected chi connectivity index (χ4v) is 6.68. The summed E-state index contributed by atoms with van der Waals surface area (Å²) in [5.74, 6) is -0.374. The summed E-state index contributed by atoms with van der Waals surface area (Å²) >= 11 is 1.26. The van der Waals surface area contributed by atoms with E-state index in [0.717, 1.165) is 16.2 Å². The van der Waals surface area contributed by atoms with Crippen molar-refractivity contribution in [3.8, 4) is 10.6 Å². The van der Waals surface area contributed by atoms with Crippen molar-refractivity contribution in [2.75, 3.05) is 43.7 Å². The van der Waals surface area contributed by atoms with Crippen LogP contribution in [0.5, 0.6) is 0 Å². The van der Waals surface area contributed by atoms with E-state index in [9.17, 15) is 21.6 Å². The average Bonchev–Trinajstić information content (AvgIpc) is 3.35. The van der Waals surface area contributed by atoms with Crippen LogP contribution in [0.1, 0.15) is 23.3 Å². The van der Waals surface area contributed by atoms with Gasteiger partial charge in [-0.3, -0.25) is 4.79 Å². The lowest BCUT2D eigenvalue weighted by Crippen LogP contribution is -2.44. The Bertz CT molecular complexity index is 1490. The van der Waals surface area contributed by atoms with Gasteiger partial charge in [0.15, 0.2) is 0 Å². The van der Waals surface area contributed by atoms with Gasteiger partial charge in [-0.05, 0) is 37.1 Å². The maximum Gasteiger partial charge on any atom is 0.275 e. The third-order valence-corrected chi connectivity index (χ3v) is 9.43. The number of nitrogens with zero attached hydrogens (tertiary/aromatic N) is 3. The zero-order valence-electron chi connectivity index (χ0n) is 20.7. The molecule has 37 heavy (non-hydrogen) atoms. The first kappa shape index (κ1) is 27.2. The van der Waals surface area contributed by atoms with Crippen LogP contribution in [0.3, 0.4) is 0 Å². The summed E-state index contributed by atoms with van der Waals surface area (Å²) in [6, 6.07) is 13.8. The molecule has 4 rings (SSSR count). The standard InChI is InChI=1S/C24H29N5O5S3/c1-28(2)37(33,34)19-8-6-7-17(15-19)24-26-21(16-35-24)23(30)25-20-9-4-5-10-22(20)29-13-11-18(12-14-29)27-36(3,31)32/h4-10,15-16,18,27H,11-14H2,1-3H3,(H,25,30). The van der Waals surface area contributed by atoms with E-state index in [0.29, 0.717) is 42.2 Å². The Morgan fingerprint density at radius 3 is 2.43 bits per heavy atom. The highest BCUT2D eigenvalue weighted by atomic mass is 32.2. The highest BCUT2D eigenvalue weighted by Gasteiger charge is 2.24. The Labute approximate surface area is 221 Å². The van der Waals surface area contributed by atoms with Gasteiger partial charge >= 0.3 is 0 Å². The second-order valence-electron chi connectivity index (χ2n) is 8.98. The van der Waals surface area contributed by atoms with Crippen molar-refractivity contribution < 1.29 is 21.6 Å². The van der Waals surface area contributed by atoms with Crippen LogP contribution in [0.2, 0.25) is 0 Å². The molecule has 0 unspecified atom stereocenters. The zero-order valence-corrected chi connectivity index (χ0v) is 23.2. The van der Waals surface area contributed by atoms with Crippen molar-refractivity contribution in [2.45, 2.75) is 23.8 Å². The summed E-state index contributed by atoms with van der Waals surface area (Å²) < 4.78 is 51.9. The number of rotatable bonds is 8. The Kier molecular flexibility index (Phi) is 7.99. The molecule has 2 heterocycles. The molecule has 1 aromatic heterocycles. The van der Waals surface area contributed by atoms with Crippen LogP contribution in [0.4, 0.5) is 11.4 Å². The second-order valence-corrected chi connectivity index (χ2v) is 13.8. The lowest BCUT2D eigenvalue weighted by molar-refractivity contribution is 0.102. The van der Waals surface area contributed by atoms with Gasteiger partial charge in [-0.15, -0.1) is 11.3 Å². The number of benzene rings is 2. The topological polar surface area (TPSA) is 129 Å². The number of hydrogen-bond acceptors (Lipinski definition) is 8. The van der Waals surface area contributed by atoms with Crippen LogP contribution in [-0.2, 0) is 20.0 Å². The lowest BCUT2D eigenvalue weighted by atomic mass is 10.0. The monoisotopic (exact) mass is 563 g/mol. The number of carbonyl (C=O) groups excluding carboxylic acids is 1. The number of carbonyl (C=O) groups is 1. The molecule has 0 spiro atoms. The quantitative estimate of drug-likeness (QED) is 0.431. The molecule has 10 nitrogen and oxygen atoms in total. The van der Waals surface area contributed by atoms with E-state index in [4.69, 9.17) is 0 Å². The maximum atomic E-state index is 13.1. The molecule has 1 aliphatic rings. The van der Waals surface area contributed by atoms with Crippen LogP contribution in [0.15, 0.2) is 58.8 Å². The minimum absolute atomic E-state index is 0.104. The van der Waals surface area contributed by atoms with E-state index < -0.39 is 20.0 Å². The largest absolute Gasteiger partial charge is 0.370 e. The van der Waals surface area contributed by atoms with Crippen molar-refractivity contribution in [2.24, 2.45) is 0 Å². The van der Waals surface area contributed by atoms with E-state index >= 15 is 0 Å². The Balaban J connectivity index is 1.48. The molecule has 0 bridgehead atoms. The summed E-state index contributed by atoms with van der Waals surface area (Å²) in [7, 11) is -3.90. The third-order valence-electron chi connectivity index (χ3n) is 5.97. The number of piperidine rings is 1. The molecule has 0 radical (unpaired) electrons. The molecule has 0 aliphatic carbocycles. The molecule has 198 valence electrons. The first-order valence-corrected chi connectivity index (χ1v) is 15.8. The predicted molar refractivity (Wildman–Crippen MR) is 146 cm³/mol. The number of hydrogen-bond donors (Lipinski definition) is 2. The van der Waals surface area contributed by atoms with Crippen molar-refractivity contribution in [3.05, 3.63) is 59.6 Å². The van der Waals surface area contributed by atoms with Crippen LogP contribution in [0.25, 0.3) is 10.6 Å². The number of amides is 1. The van der Waals surface area contributed by atoms with E-state index in [1.165, 1.54) is 31.5 Å². The van der Waals surface area contributed by atoms with E-state index in [-0.39, 0.29) is 22.5 Å². The van der Waals surface area contributed by atoms with Crippen molar-refractivity contribution >= 4 is 48.7 Å². The first-order valence-electron chi connectivity index (χ1n) is 11.5. The Hall–Kier alpha value is -2.84. The molecule has 1 aliphatic heterocycles. The minimum atomic E-state index is -3.59. The Morgan fingerprint density at radius 2 is 1.76 bits per heavy atom. The maximum absolute atomic E-state index is 13.1. The van der Waals surface area contributed by atoms with Gasteiger partial charge in [-0.1, -0.05) is 24.3 Å². The molecule has 0 atom stereocenters. The first-order chi connectivity index (χ1) is 17.4. The van der Waals surface area contributed by atoms with Gasteiger partial charge < -0.3 is 10.2 Å². The van der Waals surface area contributed by atoms with E-state index in [1.54, 1.807) is 23.6 Å². The van der Waals surface area contributed by atoms with E-state index in [2.05, 4.69) is 19.9 Å². The summed E-state index contributed by atoms with van der Waals surface area (Å²) in [6.07, 6.45) is 2.48. The van der Waals surface area contributed by atoms with Crippen molar-refractivity contribution in [3.63, 3.8) is 0 Å². The van der Waals surface area contributed by atoms with Crippen molar-refractivity contribution in [1.29, 1.82) is 0 Å². The molecule has 1 saturated heterocycles. The molecule has 2 N–H and O–H groups in total. The number of nitrogens with one attached hydrogen (secondary N) is 2. The van der Waals surface area contributed by atoms with Crippen LogP contribution < -0.4 is 14.9 Å². The van der Waals surface area contributed by atoms with Gasteiger partial charge in [0.1, 0.15) is 10.7 Å². The third kappa shape index (κ3) is 6.54. The summed E-state index contributed by atoms with van der Waals surface area (Å²) in [5, 5.41) is 5.12. The SMILES string of the molecule is CN(C)S(=O)(=O)c1cccc(-c2nc(C(=O)Nc3ccccc3N3CCC(NS(C)(=O)=O)CC3)cs2)c1. The second kappa shape index (κ2) is 10.9. The van der Waals surface area contributed by atoms with Crippen LogP contribution in [-0.4, -0.2) is 71.5 Å². The molecule has 1 fully saturated rings. The fourth-order valence-electron chi connectivity index (χ4n) is 4.09. The highest BCUT2D eigenvalue weighted by Crippen LogP contribution is 2.30. The normalized spacial score (nSPS) is 15.2. The van der Waals surface area contributed by atoms with Gasteiger partial charge in [0.2, 0.25) is 20.0 Å². The number of anilines is 2. The average molecular weight is 564 g/mol. The fraction of sp³-hybridized carbons (Fsp3) is 0.333. The Morgan fingerprint density at radius 1 is 1.05 bits per heavy atom. The predicted octanol–water partition coefficient (Wildman–Crippen LogP) is 2.83. The smallest absolute Gasteiger partial charge is 0.275 e. The van der Waals surface area contributed by atoms with Gasteiger partial charge in [0, 0.05) is 44.2 Å². The summed E-state index contributed by atoms with van der Waals surface area (Å²) in [6.45, 7) is 1.29. The van der Waals surface area contributed by atoms with Gasteiger partial charge in [-0.25, -0.2) is 30.8 Å². The van der Waals surface area contributed by atoms with E-state index in [1.807, 2.05) is 24.3 Å². The molecule has 3 aromatic rings. The number of para-hydroxylation sites is 2. The van der Waals surface area contributed by atoms with Gasteiger partial charge in [0.25, 0.3) is 5.91 Å². The summed E-state index contributed by atoms with van der Waals surface area (Å²) in [5.41, 5.74) is 2.33. The molecule has 0 saturated carbocycles. The zero-order chi connectivity index (χ0) is 26.8. The van der Waals surface area contributed by atoms with Crippen molar-refractivity contribution in [1.82, 2.24) is 14.0 Å². The minimum Gasteiger partial charge on any atom is -0.370 e. The lowest BCUT2D eigenvalue weighted by Gasteiger charge is -2.34. The number of sulfonamides is 2. The molecular weight excluding hydrogens is 534 g/mol. The molecule has 2 aromatic carbocycles. The number of thiazole rings is 1.